The number of phenols is 1. The summed E-state index contributed by atoms with van der Waals surface area (Å²) in [5, 5.41) is 43.2. The van der Waals surface area contributed by atoms with Gasteiger partial charge in [0, 0.05) is 23.5 Å². The van der Waals surface area contributed by atoms with E-state index in [1.807, 2.05) is 0 Å². The van der Waals surface area contributed by atoms with Crippen LogP contribution in [0.2, 0.25) is 0 Å². The van der Waals surface area contributed by atoms with Gasteiger partial charge in [0.1, 0.15) is 29.1 Å². The number of aliphatic hydroxyl groups is 3. The minimum atomic E-state index is -2.60. The Kier molecular flexibility index (Phi) is 4.92. The van der Waals surface area contributed by atoms with E-state index in [0.717, 1.165) is 0 Å². The average Bonchev–Trinajstić information content (AvgIpc) is 2.81. The van der Waals surface area contributed by atoms with Crippen molar-refractivity contribution in [2.24, 2.45) is 17.6 Å². The number of aromatic hydroxyl groups is 1. The van der Waals surface area contributed by atoms with Gasteiger partial charge in [0.15, 0.2) is 11.4 Å². The van der Waals surface area contributed by atoms with E-state index >= 15 is 0 Å². The fourth-order valence-corrected chi connectivity index (χ4v) is 5.67. The first-order valence-corrected chi connectivity index (χ1v) is 11.0. The Hall–Kier alpha value is -4.24. The van der Waals surface area contributed by atoms with Gasteiger partial charge < -0.3 is 26.2 Å². The number of Topliss-reactive ketones (excluding diaryl/α,β-unsaturated/α-hetero) is 2. The van der Waals surface area contributed by atoms with Crippen molar-refractivity contribution >= 4 is 23.8 Å². The van der Waals surface area contributed by atoms with E-state index in [9.17, 15) is 39.6 Å². The van der Waals surface area contributed by atoms with E-state index in [-0.39, 0.29) is 36.1 Å². The van der Waals surface area contributed by atoms with Gasteiger partial charge in [0.2, 0.25) is 5.78 Å². The molecule has 0 bridgehead atoms. The molecule has 0 unspecified atom stereocenters. The number of aliphatic hydroxyl groups excluding tert-OH is 2. The smallest absolute Gasteiger partial charge is 0.255 e. The first-order chi connectivity index (χ1) is 16.6. The molecule has 0 fully saturated rings. The number of allylic oxidation sites excluding steroid dienone is 2. The van der Waals surface area contributed by atoms with Crippen molar-refractivity contribution in [3.8, 4) is 16.9 Å². The highest BCUT2D eigenvalue weighted by molar-refractivity contribution is 6.24. The summed E-state index contributed by atoms with van der Waals surface area (Å²) in [5.41, 5.74) is 3.71. The third kappa shape index (κ3) is 3.05. The fraction of sp³-hybridized carbons (Fsp3) is 0.231. The molecule has 0 saturated carbocycles. The van der Waals surface area contributed by atoms with E-state index in [2.05, 4.69) is 0 Å². The van der Waals surface area contributed by atoms with Crippen LogP contribution in [0, 0.1) is 11.8 Å². The van der Waals surface area contributed by atoms with Crippen LogP contribution in [0.5, 0.6) is 5.75 Å². The number of carbonyl (C=O) groups is 4. The SMILES string of the molecule is NC(=O)C1=C(O)C[C@@H]2C[C@@H]3Cc4c(-c5cccc(C=O)c5)ccc(O)c4C(=O)C3=C(O)[C@]2(O)C1=O. The molecule has 2 aromatic rings. The molecule has 9 heteroatoms. The molecule has 3 aliphatic rings. The Morgan fingerprint density at radius 3 is 2.51 bits per heavy atom. The molecule has 0 radical (unpaired) electrons. The summed E-state index contributed by atoms with van der Waals surface area (Å²) in [5.74, 6) is -6.69. The number of benzene rings is 2. The summed E-state index contributed by atoms with van der Waals surface area (Å²) in [4.78, 5) is 49.6. The van der Waals surface area contributed by atoms with E-state index in [1.165, 1.54) is 6.07 Å². The van der Waals surface area contributed by atoms with Gasteiger partial charge in [-0.1, -0.05) is 24.3 Å². The number of phenolic OH excluding ortho intramolecular Hbond substituents is 1. The van der Waals surface area contributed by atoms with Gasteiger partial charge in [-0.3, -0.25) is 19.2 Å². The highest BCUT2D eigenvalue weighted by atomic mass is 16.3. The number of aldehydes is 1. The minimum absolute atomic E-state index is 0.0480. The average molecular weight is 475 g/mol. The van der Waals surface area contributed by atoms with Crippen LogP contribution in [0.25, 0.3) is 11.1 Å². The maximum atomic E-state index is 13.6. The molecular formula is C26H21NO8. The van der Waals surface area contributed by atoms with Crippen molar-refractivity contribution in [1.82, 2.24) is 0 Å². The quantitative estimate of drug-likeness (QED) is 0.331. The van der Waals surface area contributed by atoms with Crippen LogP contribution in [-0.2, 0) is 16.0 Å². The second-order valence-electron chi connectivity index (χ2n) is 9.14. The molecule has 0 saturated heterocycles. The summed E-state index contributed by atoms with van der Waals surface area (Å²) in [6.07, 6.45) is 0.641. The first-order valence-electron chi connectivity index (χ1n) is 11.0. The number of fused-ring (bicyclic) bond motifs is 3. The predicted molar refractivity (Wildman–Crippen MR) is 122 cm³/mol. The van der Waals surface area contributed by atoms with Crippen LogP contribution in [0.15, 0.2) is 59.1 Å². The molecule has 3 atom stereocenters. The zero-order valence-electron chi connectivity index (χ0n) is 18.3. The first kappa shape index (κ1) is 22.5. The summed E-state index contributed by atoms with van der Waals surface area (Å²) in [6.45, 7) is 0. The highest BCUT2D eigenvalue weighted by Gasteiger charge is 2.59. The van der Waals surface area contributed by atoms with Gasteiger partial charge >= 0.3 is 0 Å². The van der Waals surface area contributed by atoms with Crippen molar-refractivity contribution in [3.63, 3.8) is 0 Å². The number of hydrogen-bond acceptors (Lipinski definition) is 8. The molecule has 6 N–H and O–H groups in total. The summed E-state index contributed by atoms with van der Waals surface area (Å²) in [6, 6.07) is 9.71. The zero-order valence-corrected chi connectivity index (χ0v) is 18.3. The van der Waals surface area contributed by atoms with Crippen molar-refractivity contribution in [3.05, 3.63) is 75.8 Å². The molecule has 9 nitrogen and oxygen atoms in total. The normalized spacial score (nSPS) is 25.6. The van der Waals surface area contributed by atoms with Crippen LogP contribution in [0.1, 0.15) is 39.1 Å². The number of hydrogen-bond donors (Lipinski definition) is 5. The fourth-order valence-electron chi connectivity index (χ4n) is 5.67. The Bertz CT molecular complexity index is 1420. The molecule has 35 heavy (non-hydrogen) atoms. The lowest BCUT2D eigenvalue weighted by molar-refractivity contribution is -0.144. The van der Waals surface area contributed by atoms with Crippen molar-refractivity contribution < 1.29 is 39.6 Å². The lowest BCUT2D eigenvalue weighted by Gasteiger charge is -2.45. The molecule has 0 heterocycles. The molecule has 3 aliphatic carbocycles. The molecule has 5 rings (SSSR count). The second-order valence-corrected chi connectivity index (χ2v) is 9.14. The number of nitrogens with two attached hydrogens (primary N) is 1. The standard InChI is InChI=1S/C26H21NO8/c27-25(34)21-18(30)9-14-7-13-8-16-15(12-3-1-2-11(6-12)10-28)4-5-17(29)20(16)22(31)19(13)23(32)26(14,35)24(21)33/h1-6,10,13-14,29-30,32,35H,7-9H2,(H2,27,34)/t13-,14+,26+/m1/s1. The maximum Gasteiger partial charge on any atom is 0.255 e. The van der Waals surface area contributed by atoms with Crippen LogP contribution in [-0.4, -0.2) is 49.8 Å². The molecule has 2 aromatic carbocycles. The summed E-state index contributed by atoms with van der Waals surface area (Å²) < 4.78 is 0. The summed E-state index contributed by atoms with van der Waals surface area (Å²) >= 11 is 0. The molecule has 0 aromatic heterocycles. The van der Waals surface area contributed by atoms with Gasteiger partial charge in [0.25, 0.3) is 5.91 Å². The lowest BCUT2D eigenvalue weighted by Crippen LogP contribution is -2.57. The van der Waals surface area contributed by atoms with E-state index in [1.54, 1.807) is 30.3 Å². The van der Waals surface area contributed by atoms with Crippen LogP contribution in [0.4, 0.5) is 0 Å². The highest BCUT2D eigenvalue weighted by Crippen LogP contribution is 2.52. The number of ketones is 2. The number of primary amides is 1. The van der Waals surface area contributed by atoms with Crippen molar-refractivity contribution in [1.29, 1.82) is 0 Å². The lowest BCUT2D eigenvalue weighted by atomic mass is 9.60. The topological polar surface area (TPSA) is 175 Å². The van der Waals surface area contributed by atoms with Gasteiger partial charge in [-0.15, -0.1) is 0 Å². The molecule has 178 valence electrons. The van der Waals surface area contributed by atoms with Gasteiger partial charge in [-0.25, -0.2) is 0 Å². The third-order valence-electron chi connectivity index (χ3n) is 7.28. The van der Waals surface area contributed by atoms with E-state index in [0.29, 0.717) is 28.5 Å². The van der Waals surface area contributed by atoms with Crippen LogP contribution >= 0.6 is 0 Å². The van der Waals surface area contributed by atoms with Crippen molar-refractivity contribution in [2.45, 2.75) is 24.9 Å². The van der Waals surface area contributed by atoms with Gasteiger partial charge in [-0.05, 0) is 47.6 Å². The van der Waals surface area contributed by atoms with Crippen LogP contribution in [0.3, 0.4) is 0 Å². The predicted octanol–water partition coefficient (Wildman–Crippen LogP) is 2.06. The van der Waals surface area contributed by atoms with Crippen molar-refractivity contribution in [2.75, 3.05) is 0 Å². The molecule has 0 aliphatic heterocycles. The second kappa shape index (κ2) is 7.64. The Morgan fingerprint density at radius 2 is 1.83 bits per heavy atom. The van der Waals surface area contributed by atoms with Gasteiger partial charge in [-0.2, -0.15) is 0 Å². The Labute approximate surface area is 198 Å². The monoisotopic (exact) mass is 475 g/mol. The molecule has 0 spiro atoms. The van der Waals surface area contributed by atoms with E-state index < -0.39 is 52.0 Å². The minimum Gasteiger partial charge on any atom is -0.511 e. The maximum absolute atomic E-state index is 13.6. The zero-order chi connectivity index (χ0) is 25.2. The Morgan fingerprint density at radius 1 is 1.09 bits per heavy atom. The Balaban J connectivity index is 1.69. The largest absolute Gasteiger partial charge is 0.511 e. The molecule has 1 amide bonds. The van der Waals surface area contributed by atoms with E-state index in [4.69, 9.17) is 5.73 Å². The van der Waals surface area contributed by atoms with Gasteiger partial charge in [0.05, 0.1) is 5.56 Å². The third-order valence-corrected chi connectivity index (χ3v) is 7.28. The van der Waals surface area contributed by atoms with Crippen LogP contribution < -0.4 is 5.73 Å². The molecular weight excluding hydrogens is 454 g/mol. The summed E-state index contributed by atoms with van der Waals surface area (Å²) in [7, 11) is 0. The number of carbonyl (C=O) groups excluding carboxylic acids is 4. The number of rotatable bonds is 3. The number of amides is 1.